The summed E-state index contributed by atoms with van der Waals surface area (Å²) >= 11 is 1.40. The third kappa shape index (κ3) is 3.14. The lowest BCUT2D eigenvalue weighted by Crippen LogP contribution is -2.45. The Kier molecular flexibility index (Phi) is 4.21. The number of likely N-dealkylation sites (tertiary alicyclic amines) is 1. The number of aliphatic carboxylic acids is 1. The number of hydrogen-bond acceptors (Lipinski definition) is 5. The van der Waals surface area contributed by atoms with Gasteiger partial charge in [0, 0.05) is 18.0 Å². The van der Waals surface area contributed by atoms with Gasteiger partial charge < -0.3 is 14.4 Å². The zero-order valence-corrected chi connectivity index (χ0v) is 13.8. The van der Waals surface area contributed by atoms with Crippen LogP contribution >= 0.6 is 11.3 Å². The molecule has 1 fully saturated rings. The Labute approximate surface area is 137 Å². The summed E-state index contributed by atoms with van der Waals surface area (Å²) < 4.78 is 5.32. The minimum Gasteiger partial charge on any atom is -0.481 e. The number of carbonyl (C=O) groups excluding carboxylic acids is 1. The molecule has 3 heterocycles. The minimum atomic E-state index is -0.847. The van der Waals surface area contributed by atoms with Crippen LogP contribution in [0, 0.1) is 18.8 Å². The van der Waals surface area contributed by atoms with Gasteiger partial charge in [0.05, 0.1) is 12.2 Å². The number of carbonyl (C=O) groups is 2. The van der Waals surface area contributed by atoms with Crippen LogP contribution in [0.3, 0.4) is 0 Å². The third-order valence-electron chi connectivity index (χ3n) is 4.03. The fourth-order valence-corrected chi connectivity index (χ4v) is 3.82. The first-order chi connectivity index (χ1) is 11.0. The van der Waals surface area contributed by atoms with E-state index < -0.39 is 11.9 Å². The summed E-state index contributed by atoms with van der Waals surface area (Å²) in [6.45, 7) is 4.62. The fourth-order valence-electron chi connectivity index (χ4n) is 2.95. The third-order valence-corrected chi connectivity index (χ3v) is 5.01. The Hall–Kier alpha value is -2.15. The maximum atomic E-state index is 12.8. The molecular formula is C16H18N2O4S. The zero-order chi connectivity index (χ0) is 16.6. The second-order valence-electron chi connectivity index (χ2n) is 5.99. The standard InChI is InChI=1S/C16H18N2O4S/c1-9-6-11(16(20)21)8-18(7-9)15(19)13-10(2)23-14(17-13)12-4-3-5-22-12/h3-5,9,11H,6-8H2,1-2H3,(H,20,21). The van der Waals surface area contributed by atoms with E-state index in [-0.39, 0.29) is 18.4 Å². The SMILES string of the molecule is Cc1sc(-c2ccco2)nc1C(=O)N1CC(C)CC(C(=O)O)C1. The molecule has 2 atom stereocenters. The number of amides is 1. The van der Waals surface area contributed by atoms with Crippen LogP contribution < -0.4 is 0 Å². The first-order valence-electron chi connectivity index (χ1n) is 7.49. The van der Waals surface area contributed by atoms with Crippen molar-refractivity contribution in [1.82, 2.24) is 9.88 Å². The van der Waals surface area contributed by atoms with E-state index >= 15 is 0 Å². The van der Waals surface area contributed by atoms with E-state index in [0.717, 1.165) is 4.88 Å². The van der Waals surface area contributed by atoms with E-state index in [9.17, 15) is 14.7 Å². The summed E-state index contributed by atoms with van der Waals surface area (Å²) in [4.78, 5) is 30.9. The lowest BCUT2D eigenvalue weighted by atomic mass is 9.90. The second-order valence-corrected chi connectivity index (χ2v) is 7.19. The lowest BCUT2D eigenvalue weighted by molar-refractivity contribution is -0.143. The first kappa shape index (κ1) is 15.7. The summed E-state index contributed by atoms with van der Waals surface area (Å²) in [6, 6.07) is 3.58. The summed E-state index contributed by atoms with van der Waals surface area (Å²) in [7, 11) is 0. The molecule has 1 aliphatic rings. The van der Waals surface area contributed by atoms with Gasteiger partial charge in [-0.2, -0.15) is 0 Å². The maximum Gasteiger partial charge on any atom is 0.308 e. The molecule has 0 aromatic carbocycles. The molecule has 0 bridgehead atoms. The Morgan fingerprint density at radius 1 is 1.43 bits per heavy atom. The predicted molar refractivity (Wildman–Crippen MR) is 85.4 cm³/mol. The molecule has 2 unspecified atom stereocenters. The average Bonchev–Trinajstić information content (AvgIpc) is 3.15. The highest BCUT2D eigenvalue weighted by molar-refractivity contribution is 7.15. The van der Waals surface area contributed by atoms with Crippen molar-refractivity contribution in [2.45, 2.75) is 20.3 Å². The van der Waals surface area contributed by atoms with Crippen LogP contribution in [0.4, 0.5) is 0 Å². The van der Waals surface area contributed by atoms with Crippen molar-refractivity contribution < 1.29 is 19.1 Å². The summed E-state index contributed by atoms with van der Waals surface area (Å²) in [5.74, 6) is -0.758. The number of carboxylic acid groups (broad SMARTS) is 1. The maximum absolute atomic E-state index is 12.8. The van der Waals surface area contributed by atoms with E-state index in [1.165, 1.54) is 11.3 Å². The quantitative estimate of drug-likeness (QED) is 0.933. The van der Waals surface area contributed by atoms with Crippen LogP contribution in [0.1, 0.15) is 28.7 Å². The van der Waals surface area contributed by atoms with E-state index in [2.05, 4.69) is 4.98 Å². The molecule has 1 N–H and O–H groups in total. The van der Waals surface area contributed by atoms with Crippen LogP contribution in [0.2, 0.25) is 0 Å². The summed E-state index contributed by atoms with van der Waals surface area (Å²) in [6.07, 6.45) is 2.17. The molecule has 1 saturated heterocycles. The van der Waals surface area contributed by atoms with E-state index in [1.54, 1.807) is 23.3 Å². The van der Waals surface area contributed by atoms with Crippen molar-refractivity contribution in [3.63, 3.8) is 0 Å². The highest BCUT2D eigenvalue weighted by atomic mass is 32.1. The Balaban J connectivity index is 1.84. The van der Waals surface area contributed by atoms with Crippen LogP contribution in [0.15, 0.2) is 22.8 Å². The van der Waals surface area contributed by atoms with Crippen molar-refractivity contribution in [3.05, 3.63) is 29.0 Å². The average molecular weight is 334 g/mol. The number of nitrogens with zero attached hydrogens (tertiary/aromatic N) is 2. The Bertz CT molecular complexity index is 723. The molecule has 1 aliphatic heterocycles. The summed E-state index contributed by atoms with van der Waals surface area (Å²) in [5.41, 5.74) is 0.389. The van der Waals surface area contributed by atoms with Gasteiger partial charge in [0.15, 0.2) is 10.8 Å². The molecule has 0 radical (unpaired) electrons. The second kappa shape index (κ2) is 6.16. The number of furan rings is 1. The molecule has 1 amide bonds. The number of aromatic nitrogens is 1. The fraction of sp³-hybridized carbons (Fsp3) is 0.438. The van der Waals surface area contributed by atoms with Crippen molar-refractivity contribution >= 4 is 23.2 Å². The van der Waals surface area contributed by atoms with Gasteiger partial charge in [0.25, 0.3) is 5.91 Å². The van der Waals surface area contributed by atoms with Gasteiger partial charge in [0.2, 0.25) is 0 Å². The van der Waals surface area contributed by atoms with Gasteiger partial charge in [-0.1, -0.05) is 6.92 Å². The van der Waals surface area contributed by atoms with Gasteiger partial charge >= 0.3 is 5.97 Å². The van der Waals surface area contributed by atoms with E-state index in [1.807, 2.05) is 13.8 Å². The van der Waals surface area contributed by atoms with Crippen molar-refractivity contribution in [2.24, 2.45) is 11.8 Å². The predicted octanol–water partition coefficient (Wildman–Crippen LogP) is 2.89. The molecule has 3 rings (SSSR count). The van der Waals surface area contributed by atoms with E-state index in [4.69, 9.17) is 4.42 Å². The number of carboxylic acids is 1. The number of rotatable bonds is 3. The van der Waals surface area contributed by atoms with Crippen LogP contribution in [-0.2, 0) is 4.79 Å². The monoisotopic (exact) mass is 334 g/mol. The molecule has 7 heteroatoms. The molecular weight excluding hydrogens is 316 g/mol. The molecule has 2 aromatic heterocycles. The molecule has 0 aliphatic carbocycles. The smallest absolute Gasteiger partial charge is 0.308 e. The highest BCUT2D eigenvalue weighted by Gasteiger charge is 2.33. The van der Waals surface area contributed by atoms with Gasteiger partial charge in [-0.3, -0.25) is 9.59 Å². The molecule has 122 valence electrons. The minimum absolute atomic E-state index is 0.164. The summed E-state index contributed by atoms with van der Waals surface area (Å²) in [5, 5.41) is 9.91. The Morgan fingerprint density at radius 2 is 2.22 bits per heavy atom. The number of aryl methyl sites for hydroxylation is 1. The number of hydrogen-bond donors (Lipinski definition) is 1. The zero-order valence-electron chi connectivity index (χ0n) is 13.0. The molecule has 6 nitrogen and oxygen atoms in total. The van der Waals surface area contributed by atoms with Gasteiger partial charge in [-0.05, 0) is 31.4 Å². The van der Waals surface area contributed by atoms with Gasteiger partial charge in [-0.15, -0.1) is 11.3 Å². The van der Waals surface area contributed by atoms with Crippen LogP contribution in [-0.4, -0.2) is 40.0 Å². The molecule has 0 saturated carbocycles. The van der Waals surface area contributed by atoms with Crippen LogP contribution in [0.5, 0.6) is 0 Å². The van der Waals surface area contributed by atoms with Gasteiger partial charge in [-0.25, -0.2) is 4.98 Å². The topological polar surface area (TPSA) is 83.6 Å². The molecule has 23 heavy (non-hydrogen) atoms. The lowest BCUT2D eigenvalue weighted by Gasteiger charge is -2.34. The molecule has 0 spiro atoms. The number of piperidine rings is 1. The Morgan fingerprint density at radius 3 is 2.87 bits per heavy atom. The number of thiazole rings is 1. The van der Waals surface area contributed by atoms with E-state index in [0.29, 0.717) is 29.4 Å². The highest BCUT2D eigenvalue weighted by Crippen LogP contribution is 2.30. The van der Waals surface area contributed by atoms with Crippen LogP contribution in [0.25, 0.3) is 10.8 Å². The van der Waals surface area contributed by atoms with Crippen molar-refractivity contribution in [3.8, 4) is 10.8 Å². The van der Waals surface area contributed by atoms with Gasteiger partial charge in [0.1, 0.15) is 5.69 Å². The normalized spacial score (nSPS) is 21.4. The first-order valence-corrected chi connectivity index (χ1v) is 8.30. The largest absolute Gasteiger partial charge is 0.481 e. The van der Waals surface area contributed by atoms with Crippen molar-refractivity contribution in [1.29, 1.82) is 0 Å². The molecule has 2 aromatic rings. The van der Waals surface area contributed by atoms with Crippen molar-refractivity contribution in [2.75, 3.05) is 13.1 Å².